The highest BCUT2D eigenvalue weighted by atomic mass is 35.5. The lowest BCUT2D eigenvalue weighted by Gasteiger charge is -2.31. The van der Waals surface area contributed by atoms with Gasteiger partial charge >= 0.3 is 0 Å². The van der Waals surface area contributed by atoms with Crippen molar-refractivity contribution in [2.75, 3.05) is 26.2 Å². The van der Waals surface area contributed by atoms with Crippen LogP contribution in [0.2, 0.25) is 0 Å². The minimum Gasteiger partial charge on any atom is -0.374 e. The first-order valence-electron chi connectivity index (χ1n) is 5.65. The second kappa shape index (κ2) is 6.83. The van der Waals surface area contributed by atoms with Crippen molar-refractivity contribution in [1.82, 2.24) is 4.31 Å². The molecule has 2 rings (SSSR count). The van der Waals surface area contributed by atoms with Gasteiger partial charge in [0.05, 0.1) is 18.3 Å². The Morgan fingerprint density at radius 1 is 1.55 bits per heavy atom. The Balaban J connectivity index is 0.00000200. The lowest BCUT2D eigenvalue weighted by atomic mass is 10.3. The van der Waals surface area contributed by atoms with E-state index < -0.39 is 15.9 Å². The van der Waals surface area contributed by atoms with Crippen molar-refractivity contribution in [2.45, 2.75) is 10.3 Å². The van der Waals surface area contributed by atoms with Gasteiger partial charge in [-0.25, -0.2) is 8.42 Å². The summed E-state index contributed by atoms with van der Waals surface area (Å²) in [7, 11) is -3.61. The Bertz CT molecular complexity index is 575. The number of carbonyl (C=O) groups is 1. The molecule has 10 heteroatoms. The summed E-state index contributed by atoms with van der Waals surface area (Å²) in [4.78, 5) is 11.0. The van der Waals surface area contributed by atoms with Crippen LogP contribution in [-0.2, 0) is 14.8 Å². The van der Waals surface area contributed by atoms with E-state index in [2.05, 4.69) is 0 Å². The Hall–Kier alpha value is -0.710. The van der Waals surface area contributed by atoms with Gasteiger partial charge in [-0.05, 0) is 6.07 Å². The number of nitrogens with zero attached hydrogens (tertiary/aromatic N) is 1. The molecular formula is C10H16ClN3O4S2. The Morgan fingerprint density at radius 3 is 2.80 bits per heavy atom. The van der Waals surface area contributed by atoms with Gasteiger partial charge in [-0.1, -0.05) is 0 Å². The van der Waals surface area contributed by atoms with Crippen molar-refractivity contribution in [3.8, 4) is 0 Å². The number of rotatable bonds is 4. The number of hydrogen-bond acceptors (Lipinski definition) is 6. The zero-order chi connectivity index (χ0) is 14.0. The minimum absolute atomic E-state index is 0. The first kappa shape index (κ1) is 17.3. The SMILES string of the molecule is Cl.NCC1CN(S(=O)(=O)c2cc(C(N)=O)cs2)CCO1. The van der Waals surface area contributed by atoms with Gasteiger partial charge in [-0.15, -0.1) is 23.7 Å². The first-order valence-corrected chi connectivity index (χ1v) is 7.97. The van der Waals surface area contributed by atoms with Gasteiger partial charge in [-0.3, -0.25) is 4.79 Å². The number of halogens is 1. The number of amides is 1. The van der Waals surface area contributed by atoms with E-state index in [-0.39, 0.29) is 47.9 Å². The second-order valence-corrected chi connectivity index (χ2v) is 7.19. The van der Waals surface area contributed by atoms with E-state index in [4.69, 9.17) is 16.2 Å². The molecule has 1 fully saturated rings. The maximum absolute atomic E-state index is 12.4. The van der Waals surface area contributed by atoms with Crippen LogP contribution >= 0.6 is 23.7 Å². The molecule has 0 saturated carbocycles. The molecule has 2 heterocycles. The van der Waals surface area contributed by atoms with Crippen LogP contribution in [0.1, 0.15) is 10.4 Å². The van der Waals surface area contributed by atoms with Gasteiger partial charge in [0.1, 0.15) is 4.21 Å². The standard InChI is InChI=1S/C10H15N3O4S2.ClH/c11-4-8-5-13(1-2-17-8)19(15,16)9-3-7(6-18-9)10(12)14;/h3,6,8H,1-2,4-5,11H2,(H2,12,14);1H. The molecule has 114 valence electrons. The van der Waals surface area contributed by atoms with Crippen LogP contribution in [0, 0.1) is 0 Å². The summed E-state index contributed by atoms with van der Waals surface area (Å²) in [6.07, 6.45) is -0.293. The summed E-state index contributed by atoms with van der Waals surface area (Å²) in [5.74, 6) is -0.639. The molecule has 1 aromatic rings. The number of hydrogen-bond donors (Lipinski definition) is 2. The van der Waals surface area contributed by atoms with Crippen molar-refractivity contribution < 1.29 is 17.9 Å². The molecule has 0 bridgehead atoms. The molecular weight excluding hydrogens is 326 g/mol. The molecule has 0 radical (unpaired) electrons. The number of primary amides is 1. The Labute approximate surface area is 127 Å². The number of carbonyl (C=O) groups excluding carboxylic acids is 1. The van der Waals surface area contributed by atoms with Crippen LogP contribution in [0.4, 0.5) is 0 Å². The van der Waals surface area contributed by atoms with Crippen LogP contribution in [0.15, 0.2) is 15.7 Å². The quantitative estimate of drug-likeness (QED) is 0.774. The number of ether oxygens (including phenoxy) is 1. The van der Waals surface area contributed by atoms with Crippen LogP contribution in [-0.4, -0.2) is 51.0 Å². The van der Waals surface area contributed by atoms with E-state index in [0.29, 0.717) is 6.61 Å². The van der Waals surface area contributed by atoms with Crippen LogP contribution < -0.4 is 11.5 Å². The molecule has 0 aromatic carbocycles. The number of sulfonamides is 1. The Kier molecular flexibility index (Phi) is 5.92. The van der Waals surface area contributed by atoms with Gasteiger partial charge < -0.3 is 16.2 Å². The second-order valence-electron chi connectivity index (χ2n) is 4.11. The lowest BCUT2D eigenvalue weighted by molar-refractivity contribution is 0.00456. The summed E-state index contributed by atoms with van der Waals surface area (Å²) >= 11 is 0.985. The zero-order valence-electron chi connectivity index (χ0n) is 10.5. The van der Waals surface area contributed by atoms with E-state index in [0.717, 1.165) is 11.3 Å². The highest BCUT2D eigenvalue weighted by molar-refractivity contribution is 7.91. The fraction of sp³-hybridized carbons (Fsp3) is 0.500. The largest absolute Gasteiger partial charge is 0.374 e. The minimum atomic E-state index is -3.61. The monoisotopic (exact) mass is 341 g/mol. The summed E-state index contributed by atoms with van der Waals surface area (Å²) < 4.78 is 31.5. The van der Waals surface area contributed by atoms with Crippen molar-refractivity contribution in [3.63, 3.8) is 0 Å². The normalized spacial score (nSPS) is 20.4. The predicted octanol–water partition coefficient (Wildman–Crippen LogP) is -0.383. The lowest BCUT2D eigenvalue weighted by Crippen LogP contribution is -2.47. The molecule has 1 aliphatic rings. The molecule has 1 saturated heterocycles. The molecule has 0 aliphatic carbocycles. The molecule has 4 N–H and O–H groups in total. The van der Waals surface area contributed by atoms with Crippen LogP contribution in [0.3, 0.4) is 0 Å². The van der Waals surface area contributed by atoms with Gasteiger partial charge in [-0.2, -0.15) is 4.31 Å². The molecule has 1 aliphatic heterocycles. The van der Waals surface area contributed by atoms with E-state index in [1.165, 1.54) is 15.8 Å². The van der Waals surface area contributed by atoms with Crippen molar-refractivity contribution in [3.05, 3.63) is 17.0 Å². The topological polar surface area (TPSA) is 116 Å². The maximum atomic E-state index is 12.4. The number of thiophene rings is 1. The van der Waals surface area contributed by atoms with Gasteiger partial charge in [0.25, 0.3) is 10.0 Å². The average molecular weight is 342 g/mol. The molecule has 20 heavy (non-hydrogen) atoms. The molecule has 1 unspecified atom stereocenters. The third-order valence-electron chi connectivity index (χ3n) is 2.82. The smallest absolute Gasteiger partial charge is 0.252 e. The molecule has 7 nitrogen and oxygen atoms in total. The number of morpholine rings is 1. The number of nitrogens with two attached hydrogens (primary N) is 2. The van der Waals surface area contributed by atoms with Crippen molar-refractivity contribution >= 4 is 39.7 Å². The van der Waals surface area contributed by atoms with Crippen molar-refractivity contribution in [2.24, 2.45) is 11.5 Å². The average Bonchev–Trinajstić information content (AvgIpc) is 2.89. The van der Waals surface area contributed by atoms with E-state index in [9.17, 15) is 13.2 Å². The third-order valence-corrected chi connectivity index (χ3v) is 6.10. The summed E-state index contributed by atoms with van der Waals surface area (Å²) in [6.45, 7) is 1.09. The van der Waals surface area contributed by atoms with Crippen molar-refractivity contribution in [1.29, 1.82) is 0 Å². The highest BCUT2D eigenvalue weighted by Gasteiger charge is 2.31. The third kappa shape index (κ3) is 3.48. The Morgan fingerprint density at radius 2 is 2.25 bits per heavy atom. The van der Waals surface area contributed by atoms with Crippen LogP contribution in [0.25, 0.3) is 0 Å². The molecule has 1 aromatic heterocycles. The fourth-order valence-electron chi connectivity index (χ4n) is 1.76. The maximum Gasteiger partial charge on any atom is 0.252 e. The van der Waals surface area contributed by atoms with E-state index >= 15 is 0 Å². The summed E-state index contributed by atoms with van der Waals surface area (Å²) in [5.41, 5.74) is 10.8. The van der Waals surface area contributed by atoms with E-state index in [1.54, 1.807) is 0 Å². The van der Waals surface area contributed by atoms with Gasteiger partial charge in [0.2, 0.25) is 5.91 Å². The molecule has 1 amide bonds. The molecule has 1 atom stereocenters. The highest BCUT2D eigenvalue weighted by Crippen LogP contribution is 2.25. The summed E-state index contributed by atoms with van der Waals surface area (Å²) in [5, 5.41) is 1.44. The predicted molar refractivity (Wildman–Crippen MR) is 77.6 cm³/mol. The summed E-state index contributed by atoms with van der Waals surface area (Å²) in [6, 6.07) is 1.30. The zero-order valence-corrected chi connectivity index (χ0v) is 13.0. The first-order chi connectivity index (χ1) is 8.95. The fourth-order valence-corrected chi connectivity index (χ4v) is 4.54. The van der Waals surface area contributed by atoms with Crippen LogP contribution in [0.5, 0.6) is 0 Å². The van der Waals surface area contributed by atoms with E-state index in [1.807, 2.05) is 0 Å². The molecule has 0 spiro atoms. The van der Waals surface area contributed by atoms with Gasteiger partial charge in [0, 0.05) is 25.0 Å². The van der Waals surface area contributed by atoms with Gasteiger partial charge in [0.15, 0.2) is 0 Å².